The lowest BCUT2D eigenvalue weighted by Gasteiger charge is -2.16. The van der Waals surface area contributed by atoms with Gasteiger partial charge in [-0.15, -0.1) is 0 Å². The molecule has 1 atom stereocenters. The van der Waals surface area contributed by atoms with Gasteiger partial charge in [-0.3, -0.25) is 0 Å². The van der Waals surface area contributed by atoms with Crippen molar-refractivity contribution in [2.45, 2.75) is 26.8 Å². The fourth-order valence-electron chi connectivity index (χ4n) is 1.87. The van der Waals surface area contributed by atoms with Crippen LogP contribution in [0.1, 0.15) is 18.3 Å². The molecule has 0 saturated carbocycles. The SMILES string of the molecule is COc1cc(NC(C)COc2ccc(C)cc2)nc(C)n1. The Bertz CT molecular complexity index is 585. The first-order valence-corrected chi connectivity index (χ1v) is 6.92. The molecule has 1 N–H and O–H groups in total. The van der Waals surface area contributed by atoms with E-state index in [0.717, 1.165) is 11.6 Å². The van der Waals surface area contributed by atoms with Crippen molar-refractivity contribution in [3.05, 3.63) is 41.7 Å². The Morgan fingerprint density at radius 1 is 1.14 bits per heavy atom. The zero-order valence-electron chi connectivity index (χ0n) is 12.9. The van der Waals surface area contributed by atoms with Gasteiger partial charge in [0.15, 0.2) is 0 Å². The van der Waals surface area contributed by atoms with Crippen LogP contribution in [-0.4, -0.2) is 29.7 Å². The maximum Gasteiger partial charge on any atom is 0.218 e. The van der Waals surface area contributed by atoms with Crippen molar-refractivity contribution in [2.24, 2.45) is 0 Å². The minimum Gasteiger partial charge on any atom is -0.491 e. The number of anilines is 1. The van der Waals surface area contributed by atoms with Gasteiger partial charge in [0.2, 0.25) is 5.88 Å². The molecule has 0 spiro atoms. The average molecular weight is 287 g/mol. The second-order valence-corrected chi connectivity index (χ2v) is 5.01. The Morgan fingerprint density at radius 2 is 1.86 bits per heavy atom. The standard InChI is InChI=1S/C16H21N3O2/c1-11-5-7-14(8-6-11)21-10-12(2)17-15-9-16(20-4)19-13(3)18-15/h5-9,12H,10H2,1-4H3,(H,17,18,19). The predicted molar refractivity (Wildman–Crippen MR) is 83.1 cm³/mol. The first-order chi connectivity index (χ1) is 10.1. The maximum atomic E-state index is 5.74. The summed E-state index contributed by atoms with van der Waals surface area (Å²) < 4.78 is 10.9. The van der Waals surface area contributed by atoms with E-state index in [1.807, 2.05) is 38.1 Å². The third kappa shape index (κ3) is 4.63. The van der Waals surface area contributed by atoms with Crippen molar-refractivity contribution >= 4 is 5.82 Å². The minimum atomic E-state index is 0.116. The smallest absolute Gasteiger partial charge is 0.218 e. The second kappa shape index (κ2) is 6.92. The van der Waals surface area contributed by atoms with Gasteiger partial charge in [0.25, 0.3) is 0 Å². The summed E-state index contributed by atoms with van der Waals surface area (Å²) in [6.07, 6.45) is 0. The van der Waals surface area contributed by atoms with E-state index in [4.69, 9.17) is 9.47 Å². The zero-order chi connectivity index (χ0) is 15.2. The molecule has 0 saturated heterocycles. The Hall–Kier alpha value is -2.30. The van der Waals surface area contributed by atoms with E-state index in [-0.39, 0.29) is 6.04 Å². The topological polar surface area (TPSA) is 56.3 Å². The summed E-state index contributed by atoms with van der Waals surface area (Å²) in [4.78, 5) is 8.49. The van der Waals surface area contributed by atoms with Gasteiger partial charge in [0.05, 0.1) is 13.2 Å². The molecule has 1 aromatic heterocycles. The molecule has 112 valence electrons. The van der Waals surface area contributed by atoms with Crippen LogP contribution in [0, 0.1) is 13.8 Å². The van der Waals surface area contributed by atoms with Gasteiger partial charge in [0.1, 0.15) is 24.0 Å². The largest absolute Gasteiger partial charge is 0.491 e. The number of aromatic nitrogens is 2. The van der Waals surface area contributed by atoms with Gasteiger partial charge in [-0.05, 0) is 32.9 Å². The lowest BCUT2D eigenvalue weighted by atomic mass is 10.2. The van der Waals surface area contributed by atoms with E-state index in [1.165, 1.54) is 5.56 Å². The van der Waals surface area contributed by atoms with Gasteiger partial charge in [-0.1, -0.05) is 17.7 Å². The Kier molecular flexibility index (Phi) is 4.98. The van der Waals surface area contributed by atoms with Crippen LogP contribution in [0.15, 0.2) is 30.3 Å². The van der Waals surface area contributed by atoms with Gasteiger partial charge in [0, 0.05) is 6.07 Å². The van der Waals surface area contributed by atoms with Crippen molar-refractivity contribution in [2.75, 3.05) is 19.0 Å². The molecule has 0 radical (unpaired) electrons. The number of nitrogens with zero attached hydrogens (tertiary/aromatic N) is 2. The van der Waals surface area contributed by atoms with Crippen molar-refractivity contribution in [3.8, 4) is 11.6 Å². The molecule has 5 heteroatoms. The van der Waals surface area contributed by atoms with Gasteiger partial charge in [-0.2, -0.15) is 4.98 Å². The number of methoxy groups -OCH3 is 1. The number of rotatable bonds is 6. The highest BCUT2D eigenvalue weighted by atomic mass is 16.5. The molecule has 21 heavy (non-hydrogen) atoms. The Labute approximate surface area is 125 Å². The molecule has 0 fully saturated rings. The Balaban J connectivity index is 1.90. The third-order valence-electron chi connectivity index (χ3n) is 2.94. The van der Waals surface area contributed by atoms with Gasteiger partial charge in [-0.25, -0.2) is 4.98 Å². The summed E-state index contributed by atoms with van der Waals surface area (Å²) in [6.45, 7) is 6.48. The maximum absolute atomic E-state index is 5.74. The number of aryl methyl sites for hydroxylation is 2. The van der Waals surface area contributed by atoms with Crippen LogP contribution in [0.25, 0.3) is 0 Å². The predicted octanol–water partition coefficient (Wildman–Crippen LogP) is 2.98. The lowest BCUT2D eigenvalue weighted by Crippen LogP contribution is -2.24. The summed E-state index contributed by atoms with van der Waals surface area (Å²) in [5, 5.41) is 3.28. The molecule has 1 aromatic carbocycles. The molecule has 1 heterocycles. The van der Waals surface area contributed by atoms with Crippen molar-refractivity contribution in [3.63, 3.8) is 0 Å². The molecular formula is C16H21N3O2. The first-order valence-electron chi connectivity index (χ1n) is 6.92. The lowest BCUT2D eigenvalue weighted by molar-refractivity contribution is 0.303. The van der Waals surface area contributed by atoms with Crippen LogP contribution in [0.4, 0.5) is 5.82 Å². The Morgan fingerprint density at radius 3 is 2.52 bits per heavy atom. The van der Waals surface area contributed by atoms with Crippen molar-refractivity contribution in [1.29, 1.82) is 0 Å². The molecule has 0 aliphatic rings. The highest BCUT2D eigenvalue weighted by molar-refractivity contribution is 5.39. The molecular weight excluding hydrogens is 266 g/mol. The number of benzene rings is 1. The third-order valence-corrected chi connectivity index (χ3v) is 2.94. The van der Waals surface area contributed by atoms with E-state index in [1.54, 1.807) is 13.2 Å². The van der Waals surface area contributed by atoms with Crippen LogP contribution < -0.4 is 14.8 Å². The van der Waals surface area contributed by atoms with E-state index in [2.05, 4.69) is 22.2 Å². The summed E-state index contributed by atoms with van der Waals surface area (Å²) in [7, 11) is 1.59. The average Bonchev–Trinajstić information content (AvgIpc) is 2.46. The fraction of sp³-hybridized carbons (Fsp3) is 0.375. The normalized spacial score (nSPS) is 11.8. The summed E-state index contributed by atoms with van der Waals surface area (Å²) in [6, 6.07) is 9.90. The molecule has 2 aromatic rings. The van der Waals surface area contributed by atoms with Gasteiger partial charge >= 0.3 is 0 Å². The molecule has 5 nitrogen and oxygen atoms in total. The minimum absolute atomic E-state index is 0.116. The van der Waals surface area contributed by atoms with Crippen LogP contribution in [-0.2, 0) is 0 Å². The van der Waals surface area contributed by atoms with E-state index >= 15 is 0 Å². The van der Waals surface area contributed by atoms with E-state index in [0.29, 0.717) is 18.3 Å². The van der Waals surface area contributed by atoms with Crippen LogP contribution in [0.2, 0.25) is 0 Å². The van der Waals surface area contributed by atoms with E-state index < -0.39 is 0 Å². The molecule has 1 unspecified atom stereocenters. The van der Waals surface area contributed by atoms with Crippen LogP contribution >= 0.6 is 0 Å². The number of nitrogens with one attached hydrogen (secondary N) is 1. The first kappa shape index (κ1) is 15.1. The molecule has 0 aliphatic heterocycles. The highest BCUT2D eigenvalue weighted by Crippen LogP contribution is 2.15. The zero-order valence-corrected chi connectivity index (χ0v) is 12.9. The summed E-state index contributed by atoms with van der Waals surface area (Å²) in [5.74, 6) is 2.82. The summed E-state index contributed by atoms with van der Waals surface area (Å²) >= 11 is 0. The van der Waals surface area contributed by atoms with Gasteiger partial charge < -0.3 is 14.8 Å². The van der Waals surface area contributed by atoms with Crippen LogP contribution in [0.3, 0.4) is 0 Å². The quantitative estimate of drug-likeness (QED) is 0.885. The van der Waals surface area contributed by atoms with Crippen molar-refractivity contribution in [1.82, 2.24) is 9.97 Å². The molecule has 0 aliphatic carbocycles. The van der Waals surface area contributed by atoms with Crippen LogP contribution in [0.5, 0.6) is 11.6 Å². The summed E-state index contributed by atoms with van der Waals surface area (Å²) in [5.41, 5.74) is 1.22. The van der Waals surface area contributed by atoms with E-state index in [9.17, 15) is 0 Å². The number of hydrogen-bond donors (Lipinski definition) is 1. The number of hydrogen-bond acceptors (Lipinski definition) is 5. The molecule has 2 rings (SSSR count). The second-order valence-electron chi connectivity index (χ2n) is 5.01. The molecule has 0 bridgehead atoms. The number of ether oxygens (including phenoxy) is 2. The fourth-order valence-corrected chi connectivity index (χ4v) is 1.87. The highest BCUT2D eigenvalue weighted by Gasteiger charge is 2.07. The van der Waals surface area contributed by atoms with Crippen molar-refractivity contribution < 1.29 is 9.47 Å². The molecule has 0 amide bonds. The monoisotopic (exact) mass is 287 g/mol.